The van der Waals surface area contributed by atoms with Gasteiger partial charge in [-0.05, 0) is 41.8 Å². The third kappa shape index (κ3) is 2.57. The molecule has 2 aromatic rings. The van der Waals surface area contributed by atoms with E-state index in [0.717, 1.165) is 21.6 Å². The van der Waals surface area contributed by atoms with Crippen LogP contribution < -0.4 is 0 Å². The first-order valence-corrected chi connectivity index (χ1v) is 11.3. The van der Waals surface area contributed by atoms with Crippen molar-refractivity contribution in [2.45, 2.75) is 22.1 Å². The van der Waals surface area contributed by atoms with Crippen molar-refractivity contribution >= 4 is 50.5 Å². The van der Waals surface area contributed by atoms with Crippen molar-refractivity contribution in [3.63, 3.8) is 0 Å². The Morgan fingerprint density at radius 1 is 1.27 bits per heavy atom. The Kier molecular flexibility index (Phi) is 4.70. The van der Waals surface area contributed by atoms with E-state index in [1.54, 1.807) is 11.8 Å². The van der Waals surface area contributed by atoms with E-state index in [2.05, 4.69) is 70.0 Å². The Morgan fingerprint density at radius 3 is 2.65 bits per heavy atom. The van der Waals surface area contributed by atoms with E-state index in [-0.39, 0.29) is 11.2 Å². The molecule has 1 spiro atoms. The standard InChI is InChI=1S/C20H20BrN2OS2/c1-22-18(24)20(23(2)19(22)25-3)12-17(13-7-5-4-6-8-13)26-16-10-9-14(21)11-15(16)20/h4-11,17H,12H2,1-3H3/q+1. The second-order valence-corrected chi connectivity index (χ2v) is 9.57. The fourth-order valence-electron chi connectivity index (χ4n) is 4.04. The van der Waals surface area contributed by atoms with Crippen molar-refractivity contribution in [3.8, 4) is 0 Å². The maximum Gasteiger partial charge on any atom is 0.362 e. The zero-order valence-electron chi connectivity index (χ0n) is 14.9. The minimum atomic E-state index is -0.655. The first kappa shape index (κ1) is 18.1. The molecule has 6 heteroatoms. The highest BCUT2D eigenvalue weighted by Crippen LogP contribution is 2.55. The fraction of sp³-hybridized carbons (Fsp3) is 0.300. The van der Waals surface area contributed by atoms with Crippen LogP contribution in [0.4, 0.5) is 0 Å². The topological polar surface area (TPSA) is 23.3 Å². The monoisotopic (exact) mass is 447 g/mol. The molecule has 134 valence electrons. The van der Waals surface area contributed by atoms with E-state index in [0.29, 0.717) is 0 Å². The highest BCUT2D eigenvalue weighted by atomic mass is 79.9. The molecule has 2 aromatic carbocycles. The number of hydrogen-bond acceptors (Lipinski definition) is 3. The molecule has 2 atom stereocenters. The Morgan fingerprint density at radius 2 is 2.00 bits per heavy atom. The van der Waals surface area contributed by atoms with Crippen molar-refractivity contribution in [1.82, 2.24) is 4.90 Å². The van der Waals surface area contributed by atoms with Crippen LogP contribution in [0.15, 0.2) is 57.9 Å². The molecular weight excluding hydrogens is 428 g/mol. The predicted molar refractivity (Wildman–Crippen MR) is 113 cm³/mol. The largest absolute Gasteiger partial charge is 0.362 e. The van der Waals surface area contributed by atoms with E-state index in [9.17, 15) is 4.79 Å². The molecule has 1 amide bonds. The molecule has 4 rings (SSSR count). The molecule has 26 heavy (non-hydrogen) atoms. The summed E-state index contributed by atoms with van der Waals surface area (Å²) in [6.45, 7) is 0. The first-order valence-electron chi connectivity index (χ1n) is 8.43. The van der Waals surface area contributed by atoms with E-state index in [4.69, 9.17) is 0 Å². The summed E-state index contributed by atoms with van der Waals surface area (Å²) >= 11 is 7.09. The third-order valence-electron chi connectivity index (χ3n) is 5.30. The average Bonchev–Trinajstić information content (AvgIpc) is 2.84. The summed E-state index contributed by atoms with van der Waals surface area (Å²) < 4.78 is 3.19. The number of amides is 1. The molecule has 2 aliphatic rings. The van der Waals surface area contributed by atoms with Crippen LogP contribution in [-0.2, 0) is 10.3 Å². The maximum atomic E-state index is 13.5. The van der Waals surface area contributed by atoms with Gasteiger partial charge in [-0.15, -0.1) is 11.8 Å². The van der Waals surface area contributed by atoms with Gasteiger partial charge in [-0.1, -0.05) is 46.3 Å². The van der Waals surface area contributed by atoms with Crippen LogP contribution in [0.1, 0.15) is 22.8 Å². The summed E-state index contributed by atoms with van der Waals surface area (Å²) in [5, 5.41) is 1.24. The lowest BCUT2D eigenvalue weighted by molar-refractivity contribution is -0.569. The smallest absolute Gasteiger partial charge is 0.241 e. The predicted octanol–water partition coefficient (Wildman–Crippen LogP) is 4.71. The van der Waals surface area contributed by atoms with Crippen molar-refractivity contribution in [1.29, 1.82) is 0 Å². The number of benzene rings is 2. The minimum absolute atomic E-state index is 0.157. The Balaban J connectivity index is 1.95. The van der Waals surface area contributed by atoms with Gasteiger partial charge in [-0.2, -0.15) is 4.90 Å². The molecule has 2 aliphatic heterocycles. The van der Waals surface area contributed by atoms with Crippen LogP contribution in [0.3, 0.4) is 0 Å². The number of hydrogen-bond donors (Lipinski definition) is 0. The Labute approximate surface area is 171 Å². The summed E-state index contributed by atoms with van der Waals surface area (Å²) in [5.74, 6) is 0.157. The molecule has 2 unspecified atom stereocenters. The van der Waals surface area contributed by atoms with E-state index >= 15 is 0 Å². The number of carbonyl (C=O) groups excluding carboxylic acids is 1. The number of fused-ring (bicyclic) bond motifs is 2. The maximum absolute atomic E-state index is 13.5. The molecule has 0 saturated heterocycles. The van der Waals surface area contributed by atoms with Crippen LogP contribution in [0.2, 0.25) is 0 Å². The molecule has 0 radical (unpaired) electrons. The van der Waals surface area contributed by atoms with Crippen LogP contribution in [0.25, 0.3) is 0 Å². The zero-order chi connectivity index (χ0) is 18.5. The lowest BCUT2D eigenvalue weighted by Crippen LogP contribution is -2.46. The summed E-state index contributed by atoms with van der Waals surface area (Å²) in [7, 11) is 3.94. The molecule has 0 fully saturated rings. The summed E-state index contributed by atoms with van der Waals surface area (Å²) in [6, 6.07) is 16.8. The van der Waals surface area contributed by atoms with Gasteiger partial charge in [0.05, 0.1) is 14.1 Å². The van der Waals surface area contributed by atoms with Gasteiger partial charge >= 0.3 is 11.1 Å². The number of carbonyl (C=O) groups is 1. The molecule has 0 bridgehead atoms. The zero-order valence-corrected chi connectivity index (χ0v) is 18.1. The van der Waals surface area contributed by atoms with Gasteiger partial charge in [0.1, 0.15) is 0 Å². The highest BCUT2D eigenvalue weighted by Gasteiger charge is 2.61. The van der Waals surface area contributed by atoms with E-state index < -0.39 is 5.54 Å². The second kappa shape index (κ2) is 6.73. The molecule has 0 saturated carbocycles. The van der Waals surface area contributed by atoms with Crippen LogP contribution in [-0.4, -0.2) is 40.9 Å². The molecule has 3 nitrogen and oxygen atoms in total. The van der Waals surface area contributed by atoms with Crippen LogP contribution in [0, 0.1) is 0 Å². The van der Waals surface area contributed by atoms with Gasteiger partial charge < -0.3 is 0 Å². The molecule has 0 aromatic heterocycles. The molecule has 0 N–H and O–H groups in total. The quantitative estimate of drug-likeness (QED) is 0.590. The average molecular weight is 448 g/mol. The highest BCUT2D eigenvalue weighted by molar-refractivity contribution is 9.10. The van der Waals surface area contributed by atoms with Crippen LogP contribution >= 0.6 is 39.5 Å². The lowest BCUT2D eigenvalue weighted by atomic mass is 9.82. The molecule has 2 heterocycles. The lowest BCUT2D eigenvalue weighted by Gasteiger charge is -2.36. The van der Waals surface area contributed by atoms with Gasteiger partial charge in [0, 0.05) is 26.6 Å². The van der Waals surface area contributed by atoms with E-state index in [1.165, 1.54) is 10.5 Å². The second-order valence-electron chi connectivity index (χ2n) is 6.63. The molecular formula is C20H20BrN2OS2+. The van der Waals surface area contributed by atoms with Gasteiger partial charge in [0.15, 0.2) is 0 Å². The summed E-state index contributed by atoms with van der Waals surface area (Å²) in [4.78, 5) is 16.5. The number of halogens is 1. The Bertz CT molecular complexity index is 915. The SMILES string of the molecule is CSC1=[N+](C)C2(CC(c3ccccc3)Sc3ccc(Br)cc32)C(=O)N1C. The third-order valence-corrected chi connectivity index (χ3v) is 8.04. The Hall–Kier alpha value is -1.24. The van der Waals surface area contributed by atoms with E-state index in [1.807, 2.05) is 36.0 Å². The summed E-state index contributed by atoms with van der Waals surface area (Å²) in [6.07, 6.45) is 2.79. The fourth-order valence-corrected chi connectivity index (χ4v) is 6.62. The normalized spacial score (nSPS) is 25.2. The van der Waals surface area contributed by atoms with Gasteiger partial charge in [-0.3, -0.25) is 0 Å². The van der Waals surface area contributed by atoms with Crippen molar-refractivity contribution in [3.05, 3.63) is 64.1 Å². The van der Waals surface area contributed by atoms with Gasteiger partial charge in [0.2, 0.25) is 5.54 Å². The van der Waals surface area contributed by atoms with Crippen molar-refractivity contribution < 1.29 is 9.37 Å². The van der Waals surface area contributed by atoms with Gasteiger partial charge in [0.25, 0.3) is 0 Å². The van der Waals surface area contributed by atoms with Crippen LogP contribution in [0.5, 0.6) is 0 Å². The number of rotatable bonds is 1. The van der Waals surface area contributed by atoms with Crippen molar-refractivity contribution in [2.24, 2.45) is 0 Å². The number of likely N-dealkylation sites (N-methyl/N-ethyl adjacent to an activating group) is 2. The van der Waals surface area contributed by atoms with Gasteiger partial charge in [-0.25, -0.2) is 9.37 Å². The first-order chi connectivity index (χ1) is 12.5. The minimum Gasteiger partial charge on any atom is -0.241 e. The number of amidine groups is 1. The molecule has 0 aliphatic carbocycles. The summed E-state index contributed by atoms with van der Waals surface area (Å²) in [5.41, 5.74) is 1.72. The van der Waals surface area contributed by atoms with Crippen molar-refractivity contribution in [2.75, 3.05) is 20.4 Å². The number of nitrogens with zero attached hydrogens (tertiary/aromatic N) is 2. The number of thioether (sulfide) groups is 2.